The summed E-state index contributed by atoms with van der Waals surface area (Å²) in [5, 5.41) is 0.502. The van der Waals surface area contributed by atoms with Gasteiger partial charge in [0.2, 0.25) is 0 Å². The summed E-state index contributed by atoms with van der Waals surface area (Å²) in [6, 6.07) is 0. The van der Waals surface area contributed by atoms with Crippen molar-refractivity contribution >= 4 is 17.1 Å². The topological polar surface area (TPSA) is 30.2 Å². The molecule has 2 aromatic heterocycles. The van der Waals surface area contributed by atoms with Crippen molar-refractivity contribution < 1.29 is 0 Å². The van der Waals surface area contributed by atoms with Crippen LogP contribution in [-0.2, 0) is 0 Å². The third-order valence-corrected chi connectivity index (χ3v) is 1.76. The van der Waals surface area contributed by atoms with Crippen LogP contribution in [0.4, 0.5) is 0 Å². The van der Waals surface area contributed by atoms with E-state index in [0.29, 0.717) is 5.15 Å². The fourth-order valence-electron chi connectivity index (χ4n) is 1.01. The number of hydrogen-bond acceptors (Lipinski definition) is 2. The van der Waals surface area contributed by atoms with Gasteiger partial charge in [-0.05, 0) is 6.92 Å². The Labute approximate surface area is 68.7 Å². The molecule has 0 radical (unpaired) electrons. The van der Waals surface area contributed by atoms with Gasteiger partial charge in [0, 0.05) is 6.20 Å². The van der Waals surface area contributed by atoms with Crippen molar-refractivity contribution in [2.24, 2.45) is 0 Å². The standard InChI is InChI=1S/C7H6ClN3/c1-5-3-11-4-9-2-6(11)7(8)10-5/h2-4H,1H3. The lowest BCUT2D eigenvalue weighted by molar-refractivity contribution is 1.07. The fraction of sp³-hybridized carbons (Fsp3) is 0.143. The molecule has 0 saturated carbocycles. The Morgan fingerprint density at radius 2 is 2.36 bits per heavy atom. The minimum Gasteiger partial charge on any atom is -0.302 e. The van der Waals surface area contributed by atoms with E-state index in [2.05, 4.69) is 9.97 Å². The SMILES string of the molecule is Cc1cn2cncc2c(Cl)n1. The molecule has 0 atom stereocenters. The van der Waals surface area contributed by atoms with Gasteiger partial charge >= 0.3 is 0 Å². The average Bonchev–Trinajstić information content (AvgIpc) is 2.34. The minimum atomic E-state index is 0.502. The lowest BCUT2D eigenvalue weighted by Gasteiger charge is -1.96. The van der Waals surface area contributed by atoms with Gasteiger partial charge in [0.25, 0.3) is 0 Å². The van der Waals surface area contributed by atoms with Gasteiger partial charge in [0.05, 0.1) is 18.2 Å². The van der Waals surface area contributed by atoms with Gasteiger partial charge in [0.15, 0.2) is 5.15 Å². The summed E-state index contributed by atoms with van der Waals surface area (Å²) < 4.78 is 1.85. The van der Waals surface area contributed by atoms with Crippen molar-refractivity contribution in [1.82, 2.24) is 14.4 Å². The predicted molar refractivity (Wildman–Crippen MR) is 42.7 cm³/mol. The molecule has 56 valence electrons. The van der Waals surface area contributed by atoms with Crippen LogP contribution in [0.5, 0.6) is 0 Å². The summed E-state index contributed by atoms with van der Waals surface area (Å²) >= 11 is 5.83. The number of aromatic nitrogens is 3. The molecule has 0 spiro atoms. The molecule has 0 saturated heterocycles. The maximum Gasteiger partial charge on any atom is 0.154 e. The van der Waals surface area contributed by atoms with Crippen molar-refractivity contribution in [3.63, 3.8) is 0 Å². The van der Waals surface area contributed by atoms with E-state index in [1.54, 1.807) is 12.5 Å². The van der Waals surface area contributed by atoms with Gasteiger partial charge in [0.1, 0.15) is 5.52 Å². The van der Waals surface area contributed by atoms with Gasteiger partial charge in [-0.1, -0.05) is 11.6 Å². The van der Waals surface area contributed by atoms with Crippen molar-refractivity contribution in [1.29, 1.82) is 0 Å². The number of fused-ring (bicyclic) bond motifs is 1. The van der Waals surface area contributed by atoms with Crippen LogP contribution < -0.4 is 0 Å². The van der Waals surface area contributed by atoms with Crippen molar-refractivity contribution in [3.05, 3.63) is 29.6 Å². The second-order valence-electron chi connectivity index (χ2n) is 2.36. The molecule has 0 aliphatic heterocycles. The first-order chi connectivity index (χ1) is 5.27. The Bertz CT molecular complexity index is 393. The molecule has 0 amide bonds. The third kappa shape index (κ3) is 0.973. The van der Waals surface area contributed by atoms with E-state index in [1.807, 2.05) is 17.5 Å². The number of aryl methyl sites for hydroxylation is 1. The van der Waals surface area contributed by atoms with Gasteiger partial charge < -0.3 is 4.40 Å². The molecule has 2 aromatic rings. The van der Waals surface area contributed by atoms with Crippen molar-refractivity contribution in [3.8, 4) is 0 Å². The highest BCUT2D eigenvalue weighted by atomic mass is 35.5. The molecule has 0 N–H and O–H groups in total. The van der Waals surface area contributed by atoms with E-state index in [0.717, 1.165) is 11.2 Å². The fourth-order valence-corrected chi connectivity index (χ4v) is 1.29. The summed E-state index contributed by atoms with van der Waals surface area (Å²) in [7, 11) is 0. The quantitative estimate of drug-likeness (QED) is 0.598. The van der Waals surface area contributed by atoms with Gasteiger partial charge in [-0.3, -0.25) is 0 Å². The summed E-state index contributed by atoms with van der Waals surface area (Å²) in [4.78, 5) is 8.02. The molecule has 0 aliphatic rings. The van der Waals surface area contributed by atoms with Gasteiger partial charge in [-0.25, -0.2) is 9.97 Å². The maximum absolute atomic E-state index is 5.83. The van der Waals surface area contributed by atoms with Crippen LogP contribution in [0.15, 0.2) is 18.7 Å². The number of nitrogens with zero attached hydrogens (tertiary/aromatic N) is 3. The Balaban J connectivity index is 2.91. The molecule has 3 nitrogen and oxygen atoms in total. The number of halogens is 1. The average molecular weight is 168 g/mol. The number of hydrogen-bond donors (Lipinski definition) is 0. The van der Waals surface area contributed by atoms with Gasteiger partial charge in [-0.15, -0.1) is 0 Å². The zero-order valence-electron chi connectivity index (χ0n) is 5.95. The maximum atomic E-state index is 5.83. The molecule has 4 heteroatoms. The smallest absolute Gasteiger partial charge is 0.154 e. The molecule has 0 aromatic carbocycles. The number of rotatable bonds is 0. The minimum absolute atomic E-state index is 0.502. The first-order valence-electron chi connectivity index (χ1n) is 3.22. The Hall–Kier alpha value is -1.09. The van der Waals surface area contributed by atoms with Crippen LogP contribution in [0.3, 0.4) is 0 Å². The summed E-state index contributed by atoms with van der Waals surface area (Å²) in [5.74, 6) is 0. The first-order valence-corrected chi connectivity index (χ1v) is 3.60. The Morgan fingerprint density at radius 1 is 1.55 bits per heavy atom. The predicted octanol–water partition coefficient (Wildman–Crippen LogP) is 1.69. The van der Waals surface area contributed by atoms with Crippen LogP contribution in [0, 0.1) is 6.92 Å². The highest BCUT2D eigenvalue weighted by molar-refractivity contribution is 6.32. The van der Waals surface area contributed by atoms with E-state index < -0.39 is 0 Å². The molecular weight excluding hydrogens is 162 g/mol. The third-order valence-electron chi connectivity index (χ3n) is 1.48. The zero-order chi connectivity index (χ0) is 7.84. The second kappa shape index (κ2) is 2.20. The zero-order valence-corrected chi connectivity index (χ0v) is 6.71. The van der Waals surface area contributed by atoms with Crippen LogP contribution in [0.25, 0.3) is 5.52 Å². The Kier molecular flexibility index (Phi) is 1.32. The first kappa shape index (κ1) is 6.61. The van der Waals surface area contributed by atoms with Crippen LogP contribution in [0.1, 0.15) is 5.69 Å². The Morgan fingerprint density at radius 3 is 3.18 bits per heavy atom. The lowest BCUT2D eigenvalue weighted by atomic mass is 10.5. The molecule has 11 heavy (non-hydrogen) atoms. The summed E-state index contributed by atoms with van der Waals surface area (Å²) in [6.07, 6.45) is 5.28. The van der Waals surface area contributed by atoms with E-state index >= 15 is 0 Å². The normalized spacial score (nSPS) is 10.7. The van der Waals surface area contributed by atoms with E-state index in [9.17, 15) is 0 Å². The number of imidazole rings is 1. The van der Waals surface area contributed by atoms with Crippen LogP contribution in [-0.4, -0.2) is 14.4 Å². The van der Waals surface area contributed by atoms with Crippen molar-refractivity contribution in [2.45, 2.75) is 6.92 Å². The van der Waals surface area contributed by atoms with Gasteiger partial charge in [-0.2, -0.15) is 0 Å². The van der Waals surface area contributed by atoms with E-state index in [1.165, 1.54) is 0 Å². The van der Waals surface area contributed by atoms with E-state index in [4.69, 9.17) is 11.6 Å². The molecular formula is C7H6ClN3. The molecule has 0 fully saturated rings. The lowest BCUT2D eigenvalue weighted by Crippen LogP contribution is -1.89. The molecule has 2 rings (SSSR count). The summed E-state index contributed by atoms with van der Waals surface area (Å²) in [6.45, 7) is 1.89. The van der Waals surface area contributed by atoms with Crippen molar-refractivity contribution in [2.75, 3.05) is 0 Å². The monoisotopic (exact) mass is 167 g/mol. The molecule has 0 unspecified atom stereocenters. The molecule has 2 heterocycles. The van der Waals surface area contributed by atoms with Crippen LogP contribution >= 0.6 is 11.6 Å². The van der Waals surface area contributed by atoms with Crippen LogP contribution in [0.2, 0.25) is 5.15 Å². The van der Waals surface area contributed by atoms with E-state index in [-0.39, 0.29) is 0 Å². The second-order valence-corrected chi connectivity index (χ2v) is 2.72. The molecule has 0 aliphatic carbocycles. The molecule has 0 bridgehead atoms. The highest BCUT2D eigenvalue weighted by Crippen LogP contribution is 2.13. The highest BCUT2D eigenvalue weighted by Gasteiger charge is 2.00. The summed E-state index contributed by atoms with van der Waals surface area (Å²) in [5.41, 5.74) is 1.73. The largest absolute Gasteiger partial charge is 0.302 e.